The van der Waals surface area contributed by atoms with Crippen LogP contribution in [0.5, 0.6) is 0 Å². The SMILES string of the molecule is Cc1cc(N2CCN(CC(=O)N3CCc4sccc4[C@@H]3c3cccs3)CC2)nc(C(C)C)n1. The fourth-order valence-corrected chi connectivity index (χ4v) is 6.51. The van der Waals surface area contributed by atoms with Crippen molar-refractivity contribution in [2.24, 2.45) is 0 Å². The highest BCUT2D eigenvalue weighted by molar-refractivity contribution is 7.10. The molecule has 5 rings (SSSR count). The van der Waals surface area contributed by atoms with Crippen molar-refractivity contribution in [3.05, 3.63) is 61.9 Å². The third-order valence-electron chi connectivity index (χ3n) is 6.53. The third kappa shape index (κ3) is 4.69. The fraction of sp³-hybridized carbons (Fsp3) is 0.480. The Kier molecular flexibility index (Phi) is 6.49. The van der Waals surface area contributed by atoms with E-state index in [4.69, 9.17) is 4.98 Å². The minimum Gasteiger partial charge on any atom is -0.354 e. The summed E-state index contributed by atoms with van der Waals surface area (Å²) in [6.45, 7) is 11.1. The zero-order chi connectivity index (χ0) is 22.9. The molecule has 0 spiro atoms. The summed E-state index contributed by atoms with van der Waals surface area (Å²) in [5.74, 6) is 2.46. The number of piperazine rings is 1. The molecule has 2 aliphatic rings. The van der Waals surface area contributed by atoms with E-state index in [-0.39, 0.29) is 11.9 Å². The summed E-state index contributed by atoms with van der Waals surface area (Å²) in [6, 6.07) is 8.59. The van der Waals surface area contributed by atoms with Gasteiger partial charge in [-0.05, 0) is 41.8 Å². The molecule has 3 aromatic rings. The maximum Gasteiger partial charge on any atom is 0.237 e. The summed E-state index contributed by atoms with van der Waals surface area (Å²) in [7, 11) is 0. The van der Waals surface area contributed by atoms with Crippen LogP contribution in [0.4, 0.5) is 5.82 Å². The second-order valence-corrected chi connectivity index (χ2v) is 11.2. The first kappa shape index (κ1) is 22.5. The molecular formula is C25H31N5OS2. The number of nitrogens with zero attached hydrogens (tertiary/aromatic N) is 5. The van der Waals surface area contributed by atoms with Gasteiger partial charge in [0.1, 0.15) is 11.6 Å². The minimum absolute atomic E-state index is 0.0623. The van der Waals surface area contributed by atoms with E-state index in [0.29, 0.717) is 12.5 Å². The normalized spacial score (nSPS) is 19.2. The van der Waals surface area contributed by atoms with Crippen molar-refractivity contribution in [1.82, 2.24) is 19.8 Å². The largest absolute Gasteiger partial charge is 0.354 e. The summed E-state index contributed by atoms with van der Waals surface area (Å²) in [5.41, 5.74) is 2.32. The van der Waals surface area contributed by atoms with Crippen LogP contribution in [0.1, 0.15) is 52.6 Å². The molecule has 5 heterocycles. The number of aromatic nitrogens is 2. The number of thiophene rings is 2. The van der Waals surface area contributed by atoms with Crippen LogP contribution in [0.3, 0.4) is 0 Å². The van der Waals surface area contributed by atoms with Crippen LogP contribution in [0.15, 0.2) is 35.0 Å². The molecule has 0 N–H and O–H groups in total. The van der Waals surface area contributed by atoms with Crippen molar-refractivity contribution < 1.29 is 4.79 Å². The van der Waals surface area contributed by atoms with Gasteiger partial charge in [0.05, 0.1) is 12.6 Å². The van der Waals surface area contributed by atoms with Crippen LogP contribution in [-0.4, -0.2) is 64.9 Å². The lowest BCUT2D eigenvalue weighted by Gasteiger charge is -2.39. The smallest absolute Gasteiger partial charge is 0.237 e. The molecule has 0 radical (unpaired) electrons. The quantitative estimate of drug-likeness (QED) is 0.543. The molecule has 33 heavy (non-hydrogen) atoms. The zero-order valence-corrected chi connectivity index (χ0v) is 21.2. The number of fused-ring (bicyclic) bond motifs is 1. The Labute approximate surface area is 203 Å². The average Bonchev–Trinajstić information content (AvgIpc) is 3.50. The Hall–Kier alpha value is -2.29. The lowest BCUT2D eigenvalue weighted by atomic mass is 9.98. The van der Waals surface area contributed by atoms with Gasteiger partial charge in [0.15, 0.2) is 0 Å². The third-order valence-corrected chi connectivity index (χ3v) is 8.45. The van der Waals surface area contributed by atoms with Crippen LogP contribution >= 0.6 is 22.7 Å². The molecule has 3 aromatic heterocycles. The summed E-state index contributed by atoms with van der Waals surface area (Å²) >= 11 is 3.56. The molecule has 1 fully saturated rings. The van der Waals surface area contributed by atoms with Crippen molar-refractivity contribution in [2.45, 2.75) is 39.2 Å². The highest BCUT2D eigenvalue weighted by Gasteiger charge is 2.34. The van der Waals surface area contributed by atoms with Gasteiger partial charge in [-0.15, -0.1) is 22.7 Å². The molecule has 1 saturated heterocycles. The van der Waals surface area contributed by atoms with Gasteiger partial charge in [-0.25, -0.2) is 9.97 Å². The first-order valence-corrected chi connectivity index (χ1v) is 13.5. The van der Waals surface area contributed by atoms with E-state index in [0.717, 1.165) is 56.5 Å². The van der Waals surface area contributed by atoms with E-state index < -0.39 is 0 Å². The molecule has 6 nitrogen and oxygen atoms in total. The zero-order valence-electron chi connectivity index (χ0n) is 19.5. The molecule has 8 heteroatoms. The first-order valence-electron chi connectivity index (χ1n) is 11.7. The number of carbonyl (C=O) groups is 1. The molecule has 1 amide bonds. The van der Waals surface area contributed by atoms with Crippen LogP contribution in [0.25, 0.3) is 0 Å². The van der Waals surface area contributed by atoms with E-state index in [1.165, 1.54) is 15.3 Å². The Balaban J connectivity index is 1.24. The van der Waals surface area contributed by atoms with Gasteiger partial charge in [-0.3, -0.25) is 9.69 Å². The second-order valence-electron chi connectivity index (χ2n) is 9.20. The summed E-state index contributed by atoms with van der Waals surface area (Å²) in [5, 5.41) is 4.27. The lowest BCUT2D eigenvalue weighted by molar-refractivity contribution is -0.134. The summed E-state index contributed by atoms with van der Waals surface area (Å²) < 4.78 is 0. The number of anilines is 1. The molecular weight excluding hydrogens is 450 g/mol. The van der Waals surface area contributed by atoms with Crippen molar-refractivity contribution in [2.75, 3.05) is 44.2 Å². The molecule has 0 bridgehead atoms. The molecule has 174 valence electrons. The van der Waals surface area contributed by atoms with E-state index in [1.807, 2.05) is 18.3 Å². The number of amides is 1. The fourth-order valence-electron chi connectivity index (χ4n) is 4.75. The number of carbonyl (C=O) groups excluding carboxylic acids is 1. The molecule has 1 atom stereocenters. The Bertz CT molecular complexity index is 1100. The van der Waals surface area contributed by atoms with E-state index in [9.17, 15) is 4.79 Å². The summed E-state index contributed by atoms with van der Waals surface area (Å²) in [4.78, 5) is 32.3. The Morgan fingerprint density at radius 2 is 1.91 bits per heavy atom. The standard InChI is InChI=1S/C25H31N5OS2/c1-17(2)25-26-18(3)15-22(27-25)29-11-9-28(10-12-29)16-23(31)30-8-6-20-19(7-14-33-20)24(30)21-5-4-13-32-21/h4-5,7,13-15,17,24H,6,8-12,16H2,1-3H3/t24-/m1/s1. The Morgan fingerprint density at radius 3 is 2.64 bits per heavy atom. The number of hydrogen-bond donors (Lipinski definition) is 0. The van der Waals surface area contributed by atoms with E-state index in [1.54, 1.807) is 11.3 Å². The molecule has 0 unspecified atom stereocenters. The molecule has 0 aliphatic carbocycles. The van der Waals surface area contributed by atoms with Crippen LogP contribution in [0, 0.1) is 6.92 Å². The molecule has 0 saturated carbocycles. The predicted molar refractivity (Wildman–Crippen MR) is 135 cm³/mol. The number of rotatable bonds is 5. The molecule has 0 aromatic carbocycles. The highest BCUT2D eigenvalue weighted by Crippen LogP contribution is 2.39. The summed E-state index contributed by atoms with van der Waals surface area (Å²) in [6.07, 6.45) is 0.958. The Morgan fingerprint density at radius 1 is 1.09 bits per heavy atom. The monoisotopic (exact) mass is 481 g/mol. The van der Waals surface area contributed by atoms with Gasteiger partial charge in [0, 0.05) is 60.2 Å². The maximum absolute atomic E-state index is 13.5. The number of hydrogen-bond acceptors (Lipinski definition) is 7. The van der Waals surface area contributed by atoms with Crippen molar-refractivity contribution >= 4 is 34.4 Å². The van der Waals surface area contributed by atoms with Crippen LogP contribution in [-0.2, 0) is 11.2 Å². The minimum atomic E-state index is 0.0623. The van der Waals surface area contributed by atoms with Crippen LogP contribution in [0.2, 0.25) is 0 Å². The second kappa shape index (κ2) is 9.52. The predicted octanol–water partition coefficient (Wildman–Crippen LogP) is 4.33. The van der Waals surface area contributed by atoms with Crippen molar-refractivity contribution in [3.63, 3.8) is 0 Å². The number of aryl methyl sites for hydroxylation is 1. The van der Waals surface area contributed by atoms with Crippen molar-refractivity contribution in [3.8, 4) is 0 Å². The highest BCUT2D eigenvalue weighted by atomic mass is 32.1. The van der Waals surface area contributed by atoms with Gasteiger partial charge in [0.25, 0.3) is 0 Å². The maximum atomic E-state index is 13.5. The van der Waals surface area contributed by atoms with E-state index in [2.05, 4.69) is 68.6 Å². The lowest BCUT2D eigenvalue weighted by Crippen LogP contribution is -2.51. The van der Waals surface area contributed by atoms with Crippen molar-refractivity contribution in [1.29, 1.82) is 0 Å². The van der Waals surface area contributed by atoms with Gasteiger partial charge in [-0.1, -0.05) is 19.9 Å². The average molecular weight is 482 g/mol. The van der Waals surface area contributed by atoms with Gasteiger partial charge in [-0.2, -0.15) is 0 Å². The topological polar surface area (TPSA) is 52.6 Å². The van der Waals surface area contributed by atoms with Crippen LogP contribution < -0.4 is 4.90 Å². The first-order chi connectivity index (χ1) is 16.0. The van der Waals surface area contributed by atoms with Gasteiger partial charge in [0.2, 0.25) is 5.91 Å². The van der Waals surface area contributed by atoms with Gasteiger partial charge >= 0.3 is 0 Å². The molecule has 2 aliphatic heterocycles. The van der Waals surface area contributed by atoms with Gasteiger partial charge < -0.3 is 9.80 Å². The van der Waals surface area contributed by atoms with E-state index >= 15 is 0 Å².